The van der Waals surface area contributed by atoms with E-state index in [1.807, 2.05) is 20.8 Å². The van der Waals surface area contributed by atoms with E-state index in [0.29, 0.717) is 17.6 Å². The lowest BCUT2D eigenvalue weighted by molar-refractivity contribution is -0.919. The third-order valence-corrected chi connectivity index (χ3v) is 5.21. The minimum Gasteiger partial charge on any atom is -0.498 e. The third-order valence-electron chi connectivity index (χ3n) is 4.83. The number of hydrogen-bond acceptors (Lipinski definition) is 6. The Bertz CT molecular complexity index is 676. The molecule has 138 valence electrons. The van der Waals surface area contributed by atoms with Gasteiger partial charge in [0.2, 0.25) is 0 Å². The second-order valence-corrected chi connectivity index (χ2v) is 8.22. The normalized spacial score (nSPS) is 24.4. The van der Waals surface area contributed by atoms with E-state index in [0.717, 1.165) is 12.8 Å². The molecule has 8 nitrogen and oxygen atoms in total. The van der Waals surface area contributed by atoms with Gasteiger partial charge in [-0.25, -0.2) is 9.97 Å². The van der Waals surface area contributed by atoms with Crippen molar-refractivity contribution in [3.8, 4) is 0 Å². The van der Waals surface area contributed by atoms with E-state index in [2.05, 4.69) is 31.2 Å². The number of nitrogens with one attached hydrogen (secondary N) is 1. The summed E-state index contributed by atoms with van der Waals surface area (Å²) in [5, 5.41) is 14.9. The number of anilines is 1. The first-order chi connectivity index (χ1) is 11.6. The van der Waals surface area contributed by atoms with Gasteiger partial charge in [-0.3, -0.25) is 9.28 Å². The number of carboxylic acid groups (broad SMARTS) is 1. The smallest absolute Gasteiger partial charge is 0.274 e. The van der Waals surface area contributed by atoms with Gasteiger partial charge < -0.3 is 21.0 Å². The lowest BCUT2D eigenvalue weighted by Crippen LogP contribution is -2.70. The van der Waals surface area contributed by atoms with Gasteiger partial charge in [-0.1, -0.05) is 0 Å². The number of amides is 2. The zero-order valence-corrected chi connectivity index (χ0v) is 16.3. The Labute approximate surface area is 155 Å². The molecule has 2 rings (SSSR count). The summed E-state index contributed by atoms with van der Waals surface area (Å²) in [7, 11) is 0. The standard InChI is InChI=1S/C16H24BrN5O3/c1-16(2,3)22(15(24)25)7-5-4-6-10(9-22)20-14(23)12-13(18)19-8-11(17)21-12/h8,10H,4-7,9H2,1-3H3,(H3-,18,19,20,23,24,25)/t10-,22?/m0/s1. The second kappa shape index (κ2) is 7.25. The summed E-state index contributed by atoms with van der Waals surface area (Å²) in [6.07, 6.45) is 2.58. The van der Waals surface area contributed by atoms with Gasteiger partial charge in [0.05, 0.1) is 24.3 Å². The van der Waals surface area contributed by atoms with Gasteiger partial charge in [0.25, 0.3) is 12.0 Å². The minimum absolute atomic E-state index is 0.0286. The fraction of sp³-hybridized carbons (Fsp3) is 0.625. The highest BCUT2D eigenvalue weighted by atomic mass is 79.9. The number of nitrogen functional groups attached to an aromatic ring is 1. The molecule has 25 heavy (non-hydrogen) atoms. The molecule has 1 aliphatic rings. The van der Waals surface area contributed by atoms with Gasteiger partial charge in [0, 0.05) is 0 Å². The summed E-state index contributed by atoms with van der Waals surface area (Å²) < 4.78 is 0.208. The summed E-state index contributed by atoms with van der Waals surface area (Å²) in [4.78, 5) is 32.5. The zero-order chi connectivity index (χ0) is 18.8. The number of rotatable bonds is 2. The topological polar surface area (TPSA) is 121 Å². The number of carbonyl (C=O) groups excluding carboxylic acids is 2. The van der Waals surface area contributed by atoms with Crippen LogP contribution in [0.5, 0.6) is 0 Å². The Hall–Kier alpha value is -1.74. The molecule has 1 aromatic heterocycles. The van der Waals surface area contributed by atoms with E-state index in [9.17, 15) is 14.7 Å². The predicted octanol–water partition coefficient (Wildman–Crippen LogP) is 1.06. The van der Waals surface area contributed by atoms with Crippen molar-refractivity contribution >= 4 is 33.7 Å². The first-order valence-corrected chi connectivity index (χ1v) is 9.04. The molecule has 0 spiro atoms. The van der Waals surface area contributed by atoms with Crippen molar-refractivity contribution in [1.29, 1.82) is 0 Å². The Morgan fingerprint density at radius 3 is 2.68 bits per heavy atom. The SMILES string of the molecule is CC(C)(C)[N+]1(C(=O)[O-])CCCC[C@H](NC(=O)c2nc(Br)cnc2N)C1. The van der Waals surface area contributed by atoms with Crippen LogP contribution >= 0.6 is 15.9 Å². The number of nitrogens with zero attached hydrogens (tertiary/aromatic N) is 3. The van der Waals surface area contributed by atoms with Gasteiger partial charge in [-0.05, 0) is 56.0 Å². The van der Waals surface area contributed by atoms with E-state index in [1.54, 1.807) is 0 Å². The molecule has 2 amide bonds. The molecular weight excluding hydrogens is 390 g/mol. The number of aromatic nitrogens is 2. The highest BCUT2D eigenvalue weighted by Gasteiger charge is 2.45. The average molecular weight is 414 g/mol. The summed E-state index contributed by atoms with van der Waals surface area (Å²) in [6, 6.07) is -0.313. The van der Waals surface area contributed by atoms with Gasteiger partial charge in [-0.15, -0.1) is 0 Å². The maximum Gasteiger partial charge on any atom is 0.274 e. The molecule has 1 aromatic rings. The molecule has 1 aliphatic heterocycles. The molecule has 1 fully saturated rings. The molecule has 1 unspecified atom stereocenters. The van der Waals surface area contributed by atoms with Crippen LogP contribution in [-0.4, -0.2) is 51.1 Å². The van der Waals surface area contributed by atoms with E-state index in [-0.39, 0.29) is 28.6 Å². The van der Waals surface area contributed by atoms with Crippen molar-refractivity contribution in [2.24, 2.45) is 0 Å². The molecule has 9 heteroatoms. The number of likely N-dealkylation sites (tertiary alicyclic amines) is 1. The largest absolute Gasteiger partial charge is 0.498 e. The maximum atomic E-state index is 12.5. The van der Waals surface area contributed by atoms with Crippen LogP contribution in [0.1, 0.15) is 50.5 Å². The van der Waals surface area contributed by atoms with Crippen LogP contribution in [0.15, 0.2) is 10.8 Å². The first kappa shape index (κ1) is 19.6. The van der Waals surface area contributed by atoms with Crippen LogP contribution in [0.2, 0.25) is 0 Å². The van der Waals surface area contributed by atoms with Crippen LogP contribution in [-0.2, 0) is 0 Å². The van der Waals surface area contributed by atoms with Crippen molar-refractivity contribution in [2.75, 3.05) is 18.8 Å². The van der Waals surface area contributed by atoms with Crippen molar-refractivity contribution in [3.05, 3.63) is 16.5 Å². The fourth-order valence-electron chi connectivity index (χ4n) is 3.30. The van der Waals surface area contributed by atoms with Crippen molar-refractivity contribution in [2.45, 2.75) is 51.6 Å². The Kier molecular flexibility index (Phi) is 5.68. The van der Waals surface area contributed by atoms with Crippen LogP contribution in [0, 0.1) is 0 Å². The van der Waals surface area contributed by atoms with E-state index in [4.69, 9.17) is 5.73 Å². The fourth-order valence-corrected chi connectivity index (χ4v) is 3.58. The molecule has 0 radical (unpaired) electrons. The molecule has 0 aromatic carbocycles. The number of hydrogen-bond donors (Lipinski definition) is 2. The summed E-state index contributed by atoms with van der Waals surface area (Å²) in [6.45, 7) is 6.39. The predicted molar refractivity (Wildman–Crippen MR) is 94.4 cm³/mol. The van der Waals surface area contributed by atoms with Gasteiger partial charge in [-0.2, -0.15) is 0 Å². The monoisotopic (exact) mass is 413 g/mol. The molecule has 3 N–H and O–H groups in total. The highest BCUT2D eigenvalue weighted by Crippen LogP contribution is 2.29. The molecular formula is C16H24BrN5O3. The number of halogens is 1. The Morgan fingerprint density at radius 1 is 1.40 bits per heavy atom. The van der Waals surface area contributed by atoms with Crippen LogP contribution in [0.3, 0.4) is 0 Å². The number of carbonyl (C=O) groups is 2. The van der Waals surface area contributed by atoms with Gasteiger partial charge in [0.15, 0.2) is 11.5 Å². The van der Waals surface area contributed by atoms with Crippen LogP contribution in [0.4, 0.5) is 10.6 Å². The molecule has 0 saturated carbocycles. The number of quaternary nitrogens is 1. The number of nitrogens with two attached hydrogens (primary N) is 1. The van der Waals surface area contributed by atoms with E-state index >= 15 is 0 Å². The molecule has 0 bridgehead atoms. The molecule has 2 heterocycles. The first-order valence-electron chi connectivity index (χ1n) is 8.24. The lowest BCUT2D eigenvalue weighted by atomic mass is 10.0. The summed E-state index contributed by atoms with van der Waals surface area (Å²) >= 11 is 3.17. The second-order valence-electron chi connectivity index (χ2n) is 7.40. The quantitative estimate of drug-likeness (QED) is 0.699. The third kappa shape index (κ3) is 4.09. The van der Waals surface area contributed by atoms with E-state index < -0.39 is 17.5 Å². The Morgan fingerprint density at radius 2 is 2.08 bits per heavy atom. The van der Waals surface area contributed by atoms with Gasteiger partial charge in [0.1, 0.15) is 11.1 Å². The maximum absolute atomic E-state index is 12.5. The highest BCUT2D eigenvalue weighted by molar-refractivity contribution is 9.10. The lowest BCUT2D eigenvalue weighted by Gasteiger charge is -2.48. The van der Waals surface area contributed by atoms with Gasteiger partial charge >= 0.3 is 0 Å². The molecule has 2 atom stereocenters. The van der Waals surface area contributed by atoms with E-state index in [1.165, 1.54) is 6.20 Å². The van der Waals surface area contributed by atoms with Crippen LogP contribution in [0.25, 0.3) is 0 Å². The zero-order valence-electron chi connectivity index (χ0n) is 14.7. The summed E-state index contributed by atoms with van der Waals surface area (Å²) in [5.41, 5.74) is 5.22. The molecule has 0 aliphatic carbocycles. The average Bonchev–Trinajstić information content (AvgIpc) is 2.72. The molecule has 1 saturated heterocycles. The van der Waals surface area contributed by atoms with Crippen LogP contribution < -0.4 is 16.2 Å². The van der Waals surface area contributed by atoms with Crippen molar-refractivity contribution in [3.63, 3.8) is 0 Å². The summed E-state index contributed by atoms with van der Waals surface area (Å²) in [5.74, 6) is -0.422. The van der Waals surface area contributed by atoms with Crippen molar-refractivity contribution in [1.82, 2.24) is 15.3 Å². The minimum atomic E-state index is -1.12. The van der Waals surface area contributed by atoms with Crippen molar-refractivity contribution < 1.29 is 19.2 Å². The Balaban J connectivity index is 2.25.